The molecule has 2 heterocycles. The van der Waals surface area contributed by atoms with Gasteiger partial charge in [0.1, 0.15) is 17.1 Å². The smallest absolute Gasteiger partial charge is 0.336 e. The number of fused-ring (bicyclic) bond motifs is 1. The zero-order valence-corrected chi connectivity index (χ0v) is 12.5. The second-order valence-electron chi connectivity index (χ2n) is 5.64. The van der Waals surface area contributed by atoms with Gasteiger partial charge in [0.2, 0.25) is 6.29 Å². The van der Waals surface area contributed by atoms with Crippen LogP contribution >= 0.6 is 0 Å². The highest BCUT2D eigenvalue weighted by atomic mass is 19.1. The van der Waals surface area contributed by atoms with Crippen LogP contribution in [0.25, 0.3) is 11.0 Å². The van der Waals surface area contributed by atoms with Crippen LogP contribution in [0.1, 0.15) is 18.4 Å². The van der Waals surface area contributed by atoms with Gasteiger partial charge in [0.05, 0.1) is 24.2 Å². The van der Waals surface area contributed by atoms with Crippen LogP contribution in [0.3, 0.4) is 0 Å². The number of halogens is 1. The van der Waals surface area contributed by atoms with Crippen molar-refractivity contribution in [1.82, 2.24) is 0 Å². The van der Waals surface area contributed by atoms with E-state index in [2.05, 4.69) is 0 Å². The van der Waals surface area contributed by atoms with Crippen LogP contribution in [0.15, 0.2) is 27.4 Å². The zero-order valence-electron chi connectivity index (χ0n) is 12.5. The number of rotatable bonds is 3. The van der Waals surface area contributed by atoms with E-state index in [4.69, 9.17) is 19.0 Å². The van der Waals surface area contributed by atoms with Gasteiger partial charge in [-0.05, 0) is 12.5 Å². The maximum atomic E-state index is 14.2. The summed E-state index contributed by atoms with van der Waals surface area (Å²) in [6.45, 7) is 1.38. The number of benzene rings is 1. The fourth-order valence-corrected chi connectivity index (χ4v) is 2.77. The first-order valence-corrected chi connectivity index (χ1v) is 7.31. The average molecular weight is 324 g/mol. The van der Waals surface area contributed by atoms with E-state index >= 15 is 0 Å². The van der Waals surface area contributed by atoms with E-state index in [0.717, 1.165) is 0 Å². The Labute approximate surface area is 131 Å². The molecule has 1 aliphatic heterocycles. The van der Waals surface area contributed by atoms with Crippen molar-refractivity contribution in [2.75, 3.05) is 6.61 Å². The third-order valence-corrected chi connectivity index (χ3v) is 3.78. The summed E-state index contributed by atoms with van der Waals surface area (Å²) in [5.74, 6) is -0.451. The minimum absolute atomic E-state index is 0.0834. The molecule has 0 radical (unpaired) electrons. The number of aryl methyl sites for hydroxylation is 1. The standard InChI is InChI=1S/C16H17FO6/c1-8-2-14(20)23-13-6-10(5-12(17)16(8)13)21-15-4-9(19)3-11(7-18)22-15/h2,5-6,9,11,15,18-19H,3-4,7H2,1H3/t9?,11?,15-/m0/s1. The second-order valence-corrected chi connectivity index (χ2v) is 5.64. The fraction of sp³-hybridized carbons (Fsp3) is 0.438. The van der Waals surface area contributed by atoms with Gasteiger partial charge in [-0.3, -0.25) is 0 Å². The number of aliphatic hydroxyl groups is 2. The molecule has 0 amide bonds. The Hall–Kier alpha value is -1.96. The molecule has 3 atom stereocenters. The molecule has 0 aliphatic carbocycles. The summed E-state index contributed by atoms with van der Waals surface area (Å²) < 4.78 is 30.2. The van der Waals surface area contributed by atoms with Crippen molar-refractivity contribution in [2.24, 2.45) is 0 Å². The molecule has 2 aromatic rings. The van der Waals surface area contributed by atoms with E-state index in [-0.39, 0.29) is 29.7 Å². The molecule has 2 unspecified atom stereocenters. The Morgan fingerprint density at radius 2 is 2.13 bits per heavy atom. The minimum atomic E-state index is -0.815. The summed E-state index contributed by atoms with van der Waals surface area (Å²) >= 11 is 0. The molecule has 0 spiro atoms. The highest BCUT2D eigenvalue weighted by Crippen LogP contribution is 2.28. The normalized spacial score (nSPS) is 24.8. The van der Waals surface area contributed by atoms with Gasteiger partial charge >= 0.3 is 5.63 Å². The van der Waals surface area contributed by atoms with Gasteiger partial charge in [-0.1, -0.05) is 0 Å². The highest BCUT2D eigenvalue weighted by molar-refractivity contribution is 5.82. The van der Waals surface area contributed by atoms with E-state index in [9.17, 15) is 14.3 Å². The van der Waals surface area contributed by atoms with Crippen molar-refractivity contribution in [3.63, 3.8) is 0 Å². The van der Waals surface area contributed by atoms with Crippen molar-refractivity contribution in [3.05, 3.63) is 40.0 Å². The van der Waals surface area contributed by atoms with E-state index in [1.807, 2.05) is 0 Å². The average Bonchev–Trinajstić information content (AvgIpc) is 2.45. The van der Waals surface area contributed by atoms with Crippen molar-refractivity contribution in [2.45, 2.75) is 38.3 Å². The SMILES string of the molecule is Cc1cc(=O)oc2cc(O[C@@H]3CC(O)CC(CO)O3)cc(F)c12. The lowest BCUT2D eigenvalue weighted by molar-refractivity contribution is -0.184. The Kier molecular flexibility index (Phi) is 4.34. The molecule has 6 nitrogen and oxygen atoms in total. The van der Waals surface area contributed by atoms with Gasteiger partial charge < -0.3 is 24.1 Å². The first kappa shape index (κ1) is 15.9. The molecule has 7 heteroatoms. The van der Waals surface area contributed by atoms with Crippen LogP contribution in [0, 0.1) is 12.7 Å². The monoisotopic (exact) mass is 324 g/mol. The Morgan fingerprint density at radius 1 is 1.35 bits per heavy atom. The van der Waals surface area contributed by atoms with Crippen LogP contribution in [0.2, 0.25) is 0 Å². The van der Waals surface area contributed by atoms with Gasteiger partial charge in [-0.15, -0.1) is 0 Å². The van der Waals surface area contributed by atoms with Crippen LogP contribution in [-0.2, 0) is 4.74 Å². The number of aliphatic hydroxyl groups excluding tert-OH is 2. The molecule has 1 saturated heterocycles. The van der Waals surface area contributed by atoms with E-state index in [1.54, 1.807) is 6.92 Å². The van der Waals surface area contributed by atoms with Gasteiger partial charge in [-0.25, -0.2) is 9.18 Å². The van der Waals surface area contributed by atoms with Crippen LogP contribution in [0.5, 0.6) is 5.75 Å². The van der Waals surface area contributed by atoms with E-state index < -0.39 is 29.9 Å². The first-order chi connectivity index (χ1) is 11.0. The summed E-state index contributed by atoms with van der Waals surface area (Å²) in [6, 6.07) is 3.80. The minimum Gasteiger partial charge on any atom is -0.465 e. The lowest BCUT2D eigenvalue weighted by Gasteiger charge is -2.32. The van der Waals surface area contributed by atoms with Gasteiger partial charge in [-0.2, -0.15) is 0 Å². The van der Waals surface area contributed by atoms with Gasteiger partial charge in [0.25, 0.3) is 0 Å². The molecule has 23 heavy (non-hydrogen) atoms. The molecule has 1 aromatic heterocycles. The van der Waals surface area contributed by atoms with Crippen molar-refractivity contribution < 1.29 is 28.5 Å². The predicted molar refractivity (Wildman–Crippen MR) is 78.8 cm³/mol. The van der Waals surface area contributed by atoms with Crippen molar-refractivity contribution >= 4 is 11.0 Å². The molecule has 2 N–H and O–H groups in total. The topological polar surface area (TPSA) is 89.1 Å². The first-order valence-electron chi connectivity index (χ1n) is 7.31. The number of hydrogen-bond donors (Lipinski definition) is 2. The summed E-state index contributed by atoms with van der Waals surface area (Å²) in [5, 5.41) is 19.1. The second kappa shape index (κ2) is 6.27. The molecular weight excluding hydrogens is 307 g/mol. The third kappa shape index (κ3) is 3.36. The highest BCUT2D eigenvalue weighted by Gasteiger charge is 2.29. The summed E-state index contributed by atoms with van der Waals surface area (Å²) in [6.07, 6.45) is -1.50. The summed E-state index contributed by atoms with van der Waals surface area (Å²) in [7, 11) is 0. The molecule has 124 valence electrons. The van der Waals surface area contributed by atoms with Crippen LogP contribution in [-0.4, -0.2) is 35.3 Å². The number of ether oxygens (including phenoxy) is 2. The molecule has 1 aromatic carbocycles. The largest absolute Gasteiger partial charge is 0.465 e. The Balaban J connectivity index is 1.90. The molecular formula is C16H17FO6. The van der Waals surface area contributed by atoms with Gasteiger partial charge in [0, 0.05) is 31.0 Å². The maximum absolute atomic E-state index is 14.2. The van der Waals surface area contributed by atoms with Crippen molar-refractivity contribution in [3.8, 4) is 5.75 Å². The van der Waals surface area contributed by atoms with E-state index in [0.29, 0.717) is 12.0 Å². The molecule has 1 fully saturated rings. The molecule has 0 bridgehead atoms. The van der Waals surface area contributed by atoms with Crippen LogP contribution in [0.4, 0.5) is 4.39 Å². The summed E-state index contributed by atoms with van der Waals surface area (Å²) in [5.41, 5.74) is -0.0127. The third-order valence-electron chi connectivity index (χ3n) is 3.78. The van der Waals surface area contributed by atoms with E-state index in [1.165, 1.54) is 18.2 Å². The molecule has 0 saturated carbocycles. The van der Waals surface area contributed by atoms with Crippen molar-refractivity contribution in [1.29, 1.82) is 0 Å². The fourth-order valence-electron chi connectivity index (χ4n) is 2.77. The number of hydrogen-bond acceptors (Lipinski definition) is 6. The van der Waals surface area contributed by atoms with Crippen LogP contribution < -0.4 is 10.4 Å². The maximum Gasteiger partial charge on any atom is 0.336 e. The quantitative estimate of drug-likeness (QED) is 0.831. The Bertz CT molecular complexity index is 771. The Morgan fingerprint density at radius 3 is 2.87 bits per heavy atom. The molecule has 3 rings (SSSR count). The van der Waals surface area contributed by atoms with Gasteiger partial charge in [0.15, 0.2) is 0 Å². The lowest BCUT2D eigenvalue weighted by atomic mass is 10.1. The molecule has 1 aliphatic rings. The summed E-state index contributed by atoms with van der Waals surface area (Å²) in [4.78, 5) is 11.4. The lowest BCUT2D eigenvalue weighted by Crippen LogP contribution is -2.40. The zero-order chi connectivity index (χ0) is 16.6. The predicted octanol–water partition coefficient (Wildman–Crippen LogP) is 1.48.